The van der Waals surface area contributed by atoms with Gasteiger partial charge in [0, 0.05) is 24.5 Å². The molecule has 0 atom stereocenters. The molecule has 0 aliphatic rings. The van der Waals surface area contributed by atoms with E-state index in [-0.39, 0.29) is 0 Å². The van der Waals surface area contributed by atoms with Gasteiger partial charge in [-0.1, -0.05) is 0 Å². The molecular weight excluding hydrogens is 204 g/mol. The third kappa shape index (κ3) is 3.57. The SMILES string of the molecule is Nc1ccc(N(CC=CO)CC=CO)cc1. The topological polar surface area (TPSA) is 69.7 Å². The van der Waals surface area contributed by atoms with E-state index in [4.69, 9.17) is 15.9 Å². The fourth-order valence-corrected chi connectivity index (χ4v) is 1.32. The summed E-state index contributed by atoms with van der Waals surface area (Å²) in [5.41, 5.74) is 7.29. The number of nitrogens with zero attached hydrogens (tertiary/aromatic N) is 1. The van der Waals surface area contributed by atoms with Gasteiger partial charge < -0.3 is 20.8 Å². The van der Waals surface area contributed by atoms with Gasteiger partial charge in [0.05, 0.1) is 12.5 Å². The maximum Gasteiger partial charge on any atom is 0.0769 e. The minimum atomic E-state index is 0.560. The van der Waals surface area contributed by atoms with Crippen molar-refractivity contribution in [2.24, 2.45) is 0 Å². The van der Waals surface area contributed by atoms with E-state index in [1.807, 2.05) is 29.2 Å². The Labute approximate surface area is 94.9 Å². The summed E-state index contributed by atoms with van der Waals surface area (Å²) in [6, 6.07) is 7.42. The van der Waals surface area contributed by atoms with Crippen molar-refractivity contribution >= 4 is 11.4 Å². The molecule has 0 amide bonds. The highest BCUT2D eigenvalue weighted by atomic mass is 16.2. The molecule has 0 heterocycles. The molecule has 0 aromatic heterocycles. The molecule has 0 aliphatic heterocycles. The fourth-order valence-electron chi connectivity index (χ4n) is 1.32. The van der Waals surface area contributed by atoms with Crippen molar-refractivity contribution < 1.29 is 10.2 Å². The van der Waals surface area contributed by atoms with Crippen molar-refractivity contribution in [2.45, 2.75) is 0 Å². The number of hydrogen-bond acceptors (Lipinski definition) is 4. The molecule has 4 heteroatoms. The third-order valence-corrected chi connectivity index (χ3v) is 2.12. The Kier molecular flexibility index (Phi) is 4.79. The van der Waals surface area contributed by atoms with Gasteiger partial charge in [0.25, 0.3) is 0 Å². The molecule has 0 aliphatic carbocycles. The quantitative estimate of drug-likeness (QED) is 0.525. The van der Waals surface area contributed by atoms with Gasteiger partial charge in [-0.2, -0.15) is 0 Å². The molecule has 0 saturated carbocycles. The van der Waals surface area contributed by atoms with Crippen molar-refractivity contribution in [3.8, 4) is 0 Å². The minimum absolute atomic E-state index is 0.560. The van der Waals surface area contributed by atoms with Crippen molar-refractivity contribution in [1.29, 1.82) is 0 Å². The first-order chi connectivity index (χ1) is 7.77. The lowest BCUT2D eigenvalue weighted by Gasteiger charge is -2.21. The molecule has 0 fully saturated rings. The molecule has 1 rings (SSSR count). The molecule has 0 unspecified atom stereocenters. The average molecular weight is 220 g/mol. The van der Waals surface area contributed by atoms with Gasteiger partial charge in [-0.05, 0) is 36.4 Å². The van der Waals surface area contributed by atoms with Crippen molar-refractivity contribution in [2.75, 3.05) is 23.7 Å². The molecule has 0 saturated heterocycles. The zero-order valence-electron chi connectivity index (χ0n) is 8.95. The Bertz CT molecular complexity index is 344. The van der Waals surface area contributed by atoms with Crippen LogP contribution in [0.1, 0.15) is 0 Å². The predicted molar refractivity (Wildman–Crippen MR) is 66.6 cm³/mol. The van der Waals surface area contributed by atoms with Crippen LogP contribution in [0, 0.1) is 0 Å². The second kappa shape index (κ2) is 6.40. The van der Waals surface area contributed by atoms with Crippen molar-refractivity contribution in [3.05, 3.63) is 48.9 Å². The number of aliphatic hydroxyl groups excluding tert-OH is 2. The fraction of sp³-hybridized carbons (Fsp3) is 0.167. The van der Waals surface area contributed by atoms with Crippen LogP contribution >= 0.6 is 0 Å². The zero-order valence-corrected chi connectivity index (χ0v) is 8.95. The van der Waals surface area contributed by atoms with Gasteiger partial charge in [0.1, 0.15) is 0 Å². The van der Waals surface area contributed by atoms with Crippen LogP contribution in [0.3, 0.4) is 0 Å². The highest BCUT2D eigenvalue weighted by Gasteiger charge is 2.02. The normalized spacial score (nSPS) is 11.2. The molecule has 86 valence electrons. The number of rotatable bonds is 5. The first kappa shape index (κ1) is 12.0. The Hall–Kier alpha value is -2.10. The zero-order chi connectivity index (χ0) is 11.8. The van der Waals surface area contributed by atoms with Crippen molar-refractivity contribution in [3.63, 3.8) is 0 Å². The highest BCUT2D eigenvalue weighted by Crippen LogP contribution is 2.16. The van der Waals surface area contributed by atoms with Crippen LogP contribution in [0.15, 0.2) is 48.9 Å². The van der Waals surface area contributed by atoms with E-state index >= 15 is 0 Å². The van der Waals surface area contributed by atoms with Crippen LogP contribution in [-0.4, -0.2) is 23.3 Å². The van der Waals surface area contributed by atoms with Crippen LogP contribution < -0.4 is 10.6 Å². The Morgan fingerprint density at radius 3 is 1.94 bits per heavy atom. The lowest BCUT2D eigenvalue weighted by molar-refractivity contribution is 0.470. The number of anilines is 2. The van der Waals surface area contributed by atoms with E-state index in [2.05, 4.69) is 0 Å². The van der Waals surface area contributed by atoms with E-state index in [9.17, 15) is 0 Å². The Balaban J connectivity index is 2.77. The van der Waals surface area contributed by atoms with Crippen LogP contribution in [-0.2, 0) is 0 Å². The highest BCUT2D eigenvalue weighted by molar-refractivity contribution is 5.53. The minimum Gasteiger partial charge on any atom is -0.516 e. The maximum atomic E-state index is 8.64. The number of nitrogen functional groups attached to an aromatic ring is 1. The third-order valence-electron chi connectivity index (χ3n) is 2.12. The average Bonchev–Trinajstić information content (AvgIpc) is 2.31. The summed E-state index contributed by atoms with van der Waals surface area (Å²) >= 11 is 0. The lowest BCUT2D eigenvalue weighted by Crippen LogP contribution is -2.23. The maximum absolute atomic E-state index is 8.64. The van der Waals surface area contributed by atoms with E-state index in [0.717, 1.165) is 18.2 Å². The Morgan fingerprint density at radius 2 is 1.50 bits per heavy atom. The van der Waals surface area contributed by atoms with Crippen molar-refractivity contribution in [1.82, 2.24) is 0 Å². The lowest BCUT2D eigenvalue weighted by atomic mass is 10.2. The standard InChI is InChI=1S/C12H16N2O2/c13-11-3-5-12(6-4-11)14(7-1-9-15)8-2-10-16/h1-6,9-10,15-16H,7-8,13H2. The first-order valence-corrected chi connectivity index (χ1v) is 4.97. The van der Waals surface area contributed by atoms with Gasteiger partial charge in [-0.15, -0.1) is 0 Å². The molecule has 4 N–H and O–H groups in total. The molecule has 4 nitrogen and oxygen atoms in total. The van der Waals surface area contributed by atoms with Gasteiger partial charge in [0.2, 0.25) is 0 Å². The van der Waals surface area contributed by atoms with Gasteiger partial charge in [-0.3, -0.25) is 0 Å². The molecule has 0 spiro atoms. The number of hydrogen-bond donors (Lipinski definition) is 3. The van der Waals surface area contributed by atoms with Gasteiger partial charge >= 0.3 is 0 Å². The van der Waals surface area contributed by atoms with Crippen LogP contribution in [0.4, 0.5) is 11.4 Å². The largest absolute Gasteiger partial charge is 0.516 e. The summed E-state index contributed by atoms with van der Waals surface area (Å²) in [7, 11) is 0. The van der Waals surface area contributed by atoms with Crippen LogP contribution in [0.25, 0.3) is 0 Å². The van der Waals surface area contributed by atoms with E-state index in [0.29, 0.717) is 18.8 Å². The smallest absolute Gasteiger partial charge is 0.0769 e. The van der Waals surface area contributed by atoms with Gasteiger partial charge in [-0.25, -0.2) is 0 Å². The number of aliphatic hydroxyl groups is 2. The summed E-state index contributed by atoms with van der Waals surface area (Å²) in [5, 5.41) is 17.3. The van der Waals surface area contributed by atoms with Crippen LogP contribution in [0.2, 0.25) is 0 Å². The summed E-state index contributed by atoms with van der Waals surface area (Å²) in [5.74, 6) is 0. The van der Waals surface area contributed by atoms with Gasteiger partial charge in [0.15, 0.2) is 0 Å². The molecule has 0 radical (unpaired) electrons. The van der Waals surface area contributed by atoms with Crippen LogP contribution in [0.5, 0.6) is 0 Å². The molecular formula is C12H16N2O2. The monoisotopic (exact) mass is 220 g/mol. The second-order valence-electron chi connectivity index (χ2n) is 3.27. The molecule has 16 heavy (non-hydrogen) atoms. The van der Waals surface area contributed by atoms with E-state index in [1.165, 1.54) is 0 Å². The predicted octanol–water partition coefficient (Wildman–Crippen LogP) is 2.22. The number of benzene rings is 1. The first-order valence-electron chi connectivity index (χ1n) is 4.97. The summed E-state index contributed by atoms with van der Waals surface area (Å²) < 4.78 is 0. The molecule has 0 bridgehead atoms. The van der Waals surface area contributed by atoms with E-state index < -0.39 is 0 Å². The molecule has 1 aromatic carbocycles. The summed E-state index contributed by atoms with van der Waals surface area (Å²) in [6.45, 7) is 1.12. The second-order valence-corrected chi connectivity index (χ2v) is 3.27. The van der Waals surface area contributed by atoms with E-state index in [1.54, 1.807) is 12.2 Å². The summed E-state index contributed by atoms with van der Waals surface area (Å²) in [6.07, 6.45) is 5.27. The molecule has 1 aromatic rings. The Morgan fingerprint density at radius 1 is 1.00 bits per heavy atom. The summed E-state index contributed by atoms with van der Waals surface area (Å²) in [4.78, 5) is 1.97. The number of nitrogens with two attached hydrogens (primary N) is 1.